The number of para-hydroxylation sites is 1. The second-order valence-corrected chi connectivity index (χ2v) is 5.47. The fourth-order valence-corrected chi connectivity index (χ4v) is 2.82. The monoisotopic (exact) mass is 302 g/mol. The first-order valence-corrected chi connectivity index (χ1v) is 7.29. The number of carbonyl (C=O) groups is 2. The number of hydrogen-bond acceptors (Lipinski definition) is 3. The number of fused-ring (bicyclic) bond motifs is 1. The maximum absolute atomic E-state index is 12.4. The summed E-state index contributed by atoms with van der Waals surface area (Å²) in [7, 11) is 0. The molecule has 2 aromatic rings. The molecule has 2 N–H and O–H groups in total. The molecular weight excluding hydrogens is 284 g/mol. The van der Waals surface area contributed by atoms with E-state index in [1.165, 1.54) is 0 Å². The first kappa shape index (κ1) is 14.6. The van der Waals surface area contributed by atoms with Gasteiger partial charge in [-0.1, -0.05) is 18.2 Å². The summed E-state index contributed by atoms with van der Waals surface area (Å²) in [6, 6.07) is 7.85. The van der Waals surface area contributed by atoms with Crippen molar-refractivity contribution in [3.63, 3.8) is 0 Å². The van der Waals surface area contributed by atoms with Crippen LogP contribution in [0.1, 0.15) is 12.0 Å². The highest BCUT2D eigenvalue weighted by atomic mass is 16.5. The Labute approximate surface area is 127 Å². The minimum atomic E-state index is -0.907. The average molecular weight is 302 g/mol. The van der Waals surface area contributed by atoms with Crippen molar-refractivity contribution < 1.29 is 19.4 Å². The zero-order chi connectivity index (χ0) is 15.5. The Morgan fingerprint density at radius 1 is 1.36 bits per heavy atom. The van der Waals surface area contributed by atoms with E-state index in [1.807, 2.05) is 30.5 Å². The van der Waals surface area contributed by atoms with Crippen LogP contribution in [0, 0.1) is 0 Å². The van der Waals surface area contributed by atoms with Crippen LogP contribution in [-0.2, 0) is 20.7 Å². The maximum Gasteiger partial charge on any atom is 0.306 e. The number of carbonyl (C=O) groups excluding carboxylic acids is 1. The molecule has 116 valence electrons. The molecule has 1 saturated heterocycles. The molecule has 1 aliphatic rings. The van der Waals surface area contributed by atoms with E-state index in [-0.39, 0.29) is 12.3 Å². The van der Waals surface area contributed by atoms with Gasteiger partial charge in [0.05, 0.1) is 25.6 Å². The van der Waals surface area contributed by atoms with E-state index in [0.717, 1.165) is 16.5 Å². The minimum Gasteiger partial charge on any atom is -0.481 e. The van der Waals surface area contributed by atoms with Gasteiger partial charge in [0.2, 0.25) is 5.91 Å². The molecule has 0 bridgehead atoms. The van der Waals surface area contributed by atoms with Crippen LogP contribution in [0.3, 0.4) is 0 Å². The van der Waals surface area contributed by atoms with Gasteiger partial charge in [0.15, 0.2) is 0 Å². The second kappa shape index (κ2) is 6.19. The lowest BCUT2D eigenvalue weighted by Crippen LogP contribution is -2.46. The van der Waals surface area contributed by atoms with E-state index < -0.39 is 12.1 Å². The summed E-state index contributed by atoms with van der Waals surface area (Å²) >= 11 is 0. The van der Waals surface area contributed by atoms with Crippen LogP contribution >= 0.6 is 0 Å². The maximum atomic E-state index is 12.4. The lowest BCUT2D eigenvalue weighted by Gasteiger charge is -2.32. The summed E-state index contributed by atoms with van der Waals surface area (Å²) in [5.74, 6) is -0.903. The SMILES string of the molecule is O=C(O)C[C@H]1CN(C(=O)Cc2c[nH]c3ccccc23)CCO1. The quantitative estimate of drug-likeness (QED) is 0.894. The largest absolute Gasteiger partial charge is 0.481 e. The molecule has 6 heteroatoms. The number of carboxylic acids is 1. The number of aromatic amines is 1. The van der Waals surface area contributed by atoms with Gasteiger partial charge in [-0.05, 0) is 11.6 Å². The van der Waals surface area contributed by atoms with E-state index in [9.17, 15) is 9.59 Å². The smallest absolute Gasteiger partial charge is 0.306 e. The van der Waals surface area contributed by atoms with Crippen LogP contribution in [0.25, 0.3) is 10.9 Å². The Kier molecular flexibility index (Phi) is 4.11. The van der Waals surface area contributed by atoms with Crippen LogP contribution in [0.4, 0.5) is 0 Å². The topological polar surface area (TPSA) is 82.6 Å². The molecule has 1 atom stereocenters. The number of ether oxygens (including phenoxy) is 1. The van der Waals surface area contributed by atoms with E-state index >= 15 is 0 Å². The zero-order valence-corrected chi connectivity index (χ0v) is 12.1. The molecule has 2 heterocycles. The van der Waals surface area contributed by atoms with Crippen molar-refractivity contribution in [2.24, 2.45) is 0 Å². The molecule has 1 fully saturated rings. The predicted octanol–water partition coefficient (Wildman–Crippen LogP) is 1.41. The number of aliphatic carboxylic acids is 1. The highest BCUT2D eigenvalue weighted by Gasteiger charge is 2.26. The third-order valence-electron chi connectivity index (χ3n) is 3.91. The van der Waals surface area contributed by atoms with Crippen LogP contribution in [0.2, 0.25) is 0 Å². The number of nitrogens with zero attached hydrogens (tertiary/aromatic N) is 1. The normalized spacial score (nSPS) is 18.5. The minimum absolute atomic E-state index is 0.00319. The lowest BCUT2D eigenvalue weighted by atomic mass is 10.1. The van der Waals surface area contributed by atoms with Crippen molar-refractivity contribution in [1.82, 2.24) is 9.88 Å². The summed E-state index contributed by atoms with van der Waals surface area (Å²) < 4.78 is 5.39. The van der Waals surface area contributed by atoms with Gasteiger partial charge in [-0.25, -0.2) is 0 Å². The number of benzene rings is 1. The molecule has 6 nitrogen and oxygen atoms in total. The number of rotatable bonds is 4. The van der Waals surface area contributed by atoms with Gasteiger partial charge < -0.3 is 19.7 Å². The van der Waals surface area contributed by atoms with Crippen LogP contribution in [-0.4, -0.2) is 52.7 Å². The summed E-state index contributed by atoms with van der Waals surface area (Å²) in [5.41, 5.74) is 1.97. The Balaban J connectivity index is 1.67. The molecule has 22 heavy (non-hydrogen) atoms. The molecule has 3 rings (SSSR count). The Morgan fingerprint density at radius 2 is 2.18 bits per heavy atom. The molecule has 1 amide bonds. The van der Waals surface area contributed by atoms with Crippen molar-refractivity contribution in [1.29, 1.82) is 0 Å². The number of H-pyrrole nitrogens is 1. The number of carboxylic acid groups (broad SMARTS) is 1. The van der Waals surface area contributed by atoms with Crippen molar-refractivity contribution in [3.05, 3.63) is 36.0 Å². The molecule has 0 radical (unpaired) electrons. The standard InChI is InChI=1S/C16H18N2O4/c19-15(18-5-6-22-12(10-18)8-16(20)21)7-11-9-17-14-4-2-1-3-13(11)14/h1-4,9,12,17H,5-8,10H2,(H,20,21)/t12-/m0/s1. The third kappa shape index (κ3) is 3.12. The van der Waals surface area contributed by atoms with Crippen LogP contribution in [0.15, 0.2) is 30.5 Å². The fraction of sp³-hybridized carbons (Fsp3) is 0.375. The number of aromatic nitrogens is 1. The Hall–Kier alpha value is -2.34. The van der Waals surface area contributed by atoms with Gasteiger partial charge in [0.1, 0.15) is 0 Å². The van der Waals surface area contributed by atoms with Gasteiger partial charge in [-0.3, -0.25) is 9.59 Å². The molecular formula is C16H18N2O4. The molecule has 0 unspecified atom stereocenters. The summed E-state index contributed by atoms with van der Waals surface area (Å²) in [4.78, 5) is 28.1. The van der Waals surface area contributed by atoms with Gasteiger partial charge >= 0.3 is 5.97 Å². The summed E-state index contributed by atoms with van der Waals surface area (Å²) in [5, 5.41) is 9.88. The van der Waals surface area contributed by atoms with Gasteiger partial charge in [-0.15, -0.1) is 0 Å². The molecule has 0 spiro atoms. The third-order valence-corrected chi connectivity index (χ3v) is 3.91. The first-order chi connectivity index (χ1) is 10.6. The summed E-state index contributed by atoms with van der Waals surface area (Å²) in [6.07, 6.45) is 1.68. The number of hydrogen-bond donors (Lipinski definition) is 2. The first-order valence-electron chi connectivity index (χ1n) is 7.29. The lowest BCUT2D eigenvalue weighted by molar-refractivity contribution is -0.147. The zero-order valence-electron chi connectivity index (χ0n) is 12.1. The molecule has 0 aliphatic carbocycles. The number of amides is 1. The second-order valence-electron chi connectivity index (χ2n) is 5.47. The van der Waals surface area contributed by atoms with Gasteiger partial charge in [-0.2, -0.15) is 0 Å². The van der Waals surface area contributed by atoms with Crippen LogP contribution in [0.5, 0.6) is 0 Å². The van der Waals surface area contributed by atoms with E-state index in [2.05, 4.69) is 4.98 Å². The predicted molar refractivity (Wildman–Crippen MR) is 80.6 cm³/mol. The van der Waals surface area contributed by atoms with Crippen molar-refractivity contribution in [2.45, 2.75) is 18.9 Å². The Bertz CT molecular complexity index is 694. The average Bonchev–Trinajstić information content (AvgIpc) is 2.90. The summed E-state index contributed by atoms with van der Waals surface area (Å²) in [6.45, 7) is 1.24. The Morgan fingerprint density at radius 3 is 3.00 bits per heavy atom. The van der Waals surface area contributed by atoms with Gasteiger partial charge in [0.25, 0.3) is 0 Å². The van der Waals surface area contributed by atoms with Crippen molar-refractivity contribution >= 4 is 22.8 Å². The highest BCUT2D eigenvalue weighted by molar-refractivity contribution is 5.89. The van der Waals surface area contributed by atoms with Crippen molar-refractivity contribution in [2.75, 3.05) is 19.7 Å². The highest BCUT2D eigenvalue weighted by Crippen LogP contribution is 2.19. The van der Waals surface area contributed by atoms with E-state index in [0.29, 0.717) is 26.1 Å². The number of nitrogens with one attached hydrogen (secondary N) is 1. The van der Waals surface area contributed by atoms with E-state index in [4.69, 9.17) is 9.84 Å². The fourth-order valence-electron chi connectivity index (χ4n) is 2.82. The van der Waals surface area contributed by atoms with Gasteiger partial charge in [0, 0.05) is 30.2 Å². The van der Waals surface area contributed by atoms with Crippen LogP contribution < -0.4 is 0 Å². The molecule has 0 saturated carbocycles. The molecule has 1 aliphatic heterocycles. The van der Waals surface area contributed by atoms with E-state index in [1.54, 1.807) is 4.90 Å². The van der Waals surface area contributed by atoms with Crippen molar-refractivity contribution in [3.8, 4) is 0 Å². The molecule has 1 aromatic heterocycles. The molecule has 1 aromatic carbocycles. The number of morpholine rings is 1.